The van der Waals surface area contributed by atoms with Crippen molar-refractivity contribution in [2.24, 2.45) is 0 Å². The first kappa shape index (κ1) is 16.6. The molecule has 1 aliphatic rings. The zero-order chi connectivity index (χ0) is 18.4. The standard InChI is InChI=1S/C18H17N3O4S/c1-3-20-13-6-11(4-5-14(13)25-8-15(20)22)17-10(2)21-12(7-16(23)24)9-26-18(21)19-17/h4-6,9H,3,7-8H2,1-2H3,(H,23,24). The molecule has 0 aliphatic carbocycles. The lowest BCUT2D eigenvalue weighted by molar-refractivity contribution is -0.136. The highest BCUT2D eigenvalue weighted by Crippen LogP contribution is 2.37. The Morgan fingerprint density at radius 3 is 2.96 bits per heavy atom. The summed E-state index contributed by atoms with van der Waals surface area (Å²) < 4.78 is 7.40. The third-order valence-electron chi connectivity index (χ3n) is 4.49. The molecule has 26 heavy (non-hydrogen) atoms. The summed E-state index contributed by atoms with van der Waals surface area (Å²) in [5.41, 5.74) is 3.97. The Morgan fingerprint density at radius 2 is 2.23 bits per heavy atom. The van der Waals surface area contributed by atoms with Crippen molar-refractivity contribution in [3.05, 3.63) is 35.0 Å². The summed E-state index contributed by atoms with van der Waals surface area (Å²) >= 11 is 1.42. The first-order valence-corrected chi connectivity index (χ1v) is 9.12. The highest BCUT2D eigenvalue weighted by molar-refractivity contribution is 7.15. The third kappa shape index (κ3) is 2.53. The number of nitrogens with zero attached hydrogens (tertiary/aromatic N) is 3. The second-order valence-corrected chi connectivity index (χ2v) is 6.91. The number of likely N-dealkylation sites (N-methyl/N-ethyl adjacent to an activating group) is 1. The minimum atomic E-state index is -0.873. The highest BCUT2D eigenvalue weighted by atomic mass is 32.1. The number of thiazole rings is 1. The van der Waals surface area contributed by atoms with Gasteiger partial charge in [-0.15, -0.1) is 11.3 Å². The first-order chi connectivity index (χ1) is 12.5. The summed E-state index contributed by atoms with van der Waals surface area (Å²) in [6.07, 6.45) is -0.0488. The molecule has 0 spiro atoms. The fourth-order valence-electron chi connectivity index (χ4n) is 3.31. The summed E-state index contributed by atoms with van der Waals surface area (Å²) in [6, 6.07) is 5.68. The van der Waals surface area contributed by atoms with Gasteiger partial charge in [0.2, 0.25) is 0 Å². The molecule has 0 saturated carbocycles. The van der Waals surface area contributed by atoms with Gasteiger partial charge in [-0.25, -0.2) is 4.98 Å². The molecule has 1 amide bonds. The predicted octanol–water partition coefficient (Wildman–Crippen LogP) is 2.74. The van der Waals surface area contributed by atoms with Crippen molar-refractivity contribution >= 4 is 33.9 Å². The van der Waals surface area contributed by atoms with E-state index >= 15 is 0 Å². The van der Waals surface area contributed by atoms with Crippen LogP contribution in [0.15, 0.2) is 23.6 Å². The van der Waals surface area contributed by atoms with E-state index in [0.29, 0.717) is 18.0 Å². The van der Waals surface area contributed by atoms with E-state index < -0.39 is 5.97 Å². The molecule has 0 unspecified atom stereocenters. The number of hydrogen-bond donors (Lipinski definition) is 1. The van der Waals surface area contributed by atoms with Gasteiger partial charge in [0.25, 0.3) is 5.91 Å². The Morgan fingerprint density at radius 1 is 1.42 bits per heavy atom. The van der Waals surface area contributed by atoms with Crippen LogP contribution < -0.4 is 9.64 Å². The van der Waals surface area contributed by atoms with E-state index in [0.717, 1.165) is 27.6 Å². The number of amides is 1. The molecule has 1 aromatic carbocycles. The second-order valence-electron chi connectivity index (χ2n) is 6.07. The predicted molar refractivity (Wildman–Crippen MR) is 98.1 cm³/mol. The fourth-order valence-corrected chi connectivity index (χ4v) is 4.25. The van der Waals surface area contributed by atoms with Crippen molar-refractivity contribution in [1.29, 1.82) is 0 Å². The molecule has 7 nitrogen and oxygen atoms in total. The van der Waals surface area contributed by atoms with Crippen LogP contribution in [0.4, 0.5) is 5.69 Å². The van der Waals surface area contributed by atoms with E-state index in [9.17, 15) is 9.59 Å². The summed E-state index contributed by atoms with van der Waals surface area (Å²) in [5, 5.41) is 10.9. The molecule has 134 valence electrons. The second kappa shape index (κ2) is 6.14. The van der Waals surface area contributed by atoms with Crippen LogP contribution in [-0.4, -0.2) is 39.5 Å². The molecule has 0 saturated heterocycles. The largest absolute Gasteiger partial charge is 0.482 e. The van der Waals surface area contributed by atoms with Gasteiger partial charge in [-0.05, 0) is 32.0 Å². The number of carboxylic acid groups (broad SMARTS) is 1. The molecular weight excluding hydrogens is 354 g/mol. The fraction of sp³-hybridized carbons (Fsp3) is 0.278. The molecule has 1 aliphatic heterocycles. The molecular formula is C18H17N3O4S. The Balaban J connectivity index is 1.82. The van der Waals surface area contributed by atoms with Gasteiger partial charge in [0.1, 0.15) is 5.75 Å². The smallest absolute Gasteiger partial charge is 0.309 e. The van der Waals surface area contributed by atoms with Crippen molar-refractivity contribution in [3.8, 4) is 17.0 Å². The lowest BCUT2D eigenvalue weighted by atomic mass is 10.1. The van der Waals surface area contributed by atoms with Gasteiger partial charge in [-0.1, -0.05) is 0 Å². The summed E-state index contributed by atoms with van der Waals surface area (Å²) in [5.74, 6) is -0.258. The van der Waals surface area contributed by atoms with Crippen molar-refractivity contribution in [2.45, 2.75) is 20.3 Å². The summed E-state index contributed by atoms with van der Waals surface area (Å²) in [6.45, 7) is 4.47. The normalized spacial score (nSPS) is 13.8. The summed E-state index contributed by atoms with van der Waals surface area (Å²) in [7, 11) is 0. The average Bonchev–Trinajstić information content (AvgIpc) is 3.15. The Hall–Kier alpha value is -2.87. The average molecular weight is 371 g/mol. The quantitative estimate of drug-likeness (QED) is 0.762. The number of fused-ring (bicyclic) bond motifs is 2. The molecule has 0 radical (unpaired) electrons. The van der Waals surface area contributed by atoms with Crippen LogP contribution in [0.1, 0.15) is 18.3 Å². The SMILES string of the molecule is CCN1C(=O)COc2ccc(-c3nc4scc(CC(=O)O)n4c3C)cc21. The maximum absolute atomic E-state index is 12.1. The Bertz CT molecular complexity index is 1040. The topological polar surface area (TPSA) is 84.1 Å². The van der Waals surface area contributed by atoms with E-state index in [1.54, 1.807) is 4.90 Å². The zero-order valence-electron chi connectivity index (χ0n) is 14.4. The van der Waals surface area contributed by atoms with Gasteiger partial charge in [-0.3, -0.25) is 14.0 Å². The van der Waals surface area contributed by atoms with E-state index in [4.69, 9.17) is 9.84 Å². The van der Waals surface area contributed by atoms with Crippen LogP contribution in [0.2, 0.25) is 0 Å². The van der Waals surface area contributed by atoms with Crippen LogP contribution in [0.5, 0.6) is 5.75 Å². The number of anilines is 1. The number of aromatic nitrogens is 2. The number of imidazole rings is 1. The maximum Gasteiger partial charge on any atom is 0.309 e. The number of carbonyl (C=O) groups excluding carboxylic acids is 1. The van der Waals surface area contributed by atoms with E-state index in [2.05, 4.69) is 4.98 Å². The van der Waals surface area contributed by atoms with E-state index in [1.807, 2.05) is 41.8 Å². The molecule has 0 atom stereocenters. The monoisotopic (exact) mass is 371 g/mol. The van der Waals surface area contributed by atoms with Gasteiger partial charge in [0.15, 0.2) is 11.6 Å². The van der Waals surface area contributed by atoms with Gasteiger partial charge < -0.3 is 14.7 Å². The van der Waals surface area contributed by atoms with Crippen LogP contribution in [0.25, 0.3) is 16.2 Å². The first-order valence-electron chi connectivity index (χ1n) is 8.24. The van der Waals surface area contributed by atoms with E-state index in [1.165, 1.54) is 11.3 Å². The molecule has 0 bridgehead atoms. The van der Waals surface area contributed by atoms with Crippen molar-refractivity contribution in [2.75, 3.05) is 18.1 Å². The Kier molecular flexibility index (Phi) is 3.91. The van der Waals surface area contributed by atoms with Crippen LogP contribution >= 0.6 is 11.3 Å². The maximum atomic E-state index is 12.1. The van der Waals surface area contributed by atoms with E-state index in [-0.39, 0.29) is 18.9 Å². The molecule has 1 N–H and O–H groups in total. The van der Waals surface area contributed by atoms with Gasteiger partial charge >= 0.3 is 5.97 Å². The molecule has 4 rings (SSSR count). The van der Waals surface area contributed by atoms with Crippen molar-refractivity contribution in [3.63, 3.8) is 0 Å². The number of ether oxygens (including phenoxy) is 1. The lowest BCUT2D eigenvalue weighted by Gasteiger charge is -2.28. The number of carboxylic acids is 1. The van der Waals surface area contributed by atoms with Gasteiger partial charge in [-0.2, -0.15) is 0 Å². The minimum absolute atomic E-state index is 0.0488. The molecule has 3 heterocycles. The van der Waals surface area contributed by atoms with Crippen LogP contribution in [0, 0.1) is 6.92 Å². The lowest BCUT2D eigenvalue weighted by Crippen LogP contribution is -2.38. The zero-order valence-corrected chi connectivity index (χ0v) is 15.2. The molecule has 3 aromatic rings. The number of hydrogen-bond acceptors (Lipinski definition) is 5. The summed E-state index contributed by atoms with van der Waals surface area (Å²) in [4.78, 5) is 30.3. The highest BCUT2D eigenvalue weighted by Gasteiger charge is 2.25. The van der Waals surface area contributed by atoms with Crippen molar-refractivity contribution < 1.29 is 19.4 Å². The van der Waals surface area contributed by atoms with Gasteiger partial charge in [0.05, 0.1) is 17.8 Å². The molecule has 8 heteroatoms. The van der Waals surface area contributed by atoms with Crippen LogP contribution in [0.3, 0.4) is 0 Å². The third-order valence-corrected chi connectivity index (χ3v) is 5.36. The number of aryl methyl sites for hydroxylation is 1. The molecule has 2 aromatic heterocycles. The van der Waals surface area contributed by atoms with Crippen molar-refractivity contribution in [1.82, 2.24) is 9.38 Å². The molecule has 0 fully saturated rings. The Labute approximate surface area is 153 Å². The number of rotatable bonds is 4. The van der Waals surface area contributed by atoms with Crippen LogP contribution in [-0.2, 0) is 16.0 Å². The van der Waals surface area contributed by atoms with Gasteiger partial charge in [0, 0.05) is 28.9 Å². The number of benzene rings is 1. The number of aliphatic carboxylic acids is 1. The number of carbonyl (C=O) groups is 2. The minimum Gasteiger partial charge on any atom is -0.482 e.